The van der Waals surface area contributed by atoms with Crippen LogP contribution in [0.1, 0.15) is 9.67 Å². The topological polar surface area (TPSA) is 83.5 Å². The van der Waals surface area contributed by atoms with Gasteiger partial charge in [0.05, 0.1) is 4.90 Å². The van der Waals surface area contributed by atoms with Gasteiger partial charge in [-0.05, 0) is 24.3 Å². The van der Waals surface area contributed by atoms with E-state index in [9.17, 15) is 22.0 Å². The summed E-state index contributed by atoms with van der Waals surface area (Å²) in [6, 6.07) is 4.35. The SMILES string of the molecule is O=C(O)c1ccc(NS(=O)(=O)c2cc(F)cc(F)c2)s1. The Morgan fingerprint density at radius 3 is 2.25 bits per heavy atom. The van der Waals surface area contributed by atoms with Crippen molar-refractivity contribution in [3.63, 3.8) is 0 Å². The maximum absolute atomic E-state index is 13.0. The predicted molar refractivity (Wildman–Crippen MR) is 68.4 cm³/mol. The fourth-order valence-corrected chi connectivity index (χ4v) is 3.46. The molecule has 0 radical (unpaired) electrons. The third-order valence-corrected chi connectivity index (χ3v) is 4.66. The van der Waals surface area contributed by atoms with Crippen LogP contribution >= 0.6 is 11.3 Å². The van der Waals surface area contributed by atoms with E-state index in [0.717, 1.165) is 0 Å². The fraction of sp³-hybridized carbons (Fsp3) is 0. The number of halogens is 2. The zero-order valence-corrected chi connectivity index (χ0v) is 11.3. The van der Waals surface area contributed by atoms with E-state index < -0.39 is 32.5 Å². The van der Waals surface area contributed by atoms with Gasteiger partial charge >= 0.3 is 5.97 Å². The van der Waals surface area contributed by atoms with Crippen molar-refractivity contribution in [3.05, 3.63) is 46.8 Å². The van der Waals surface area contributed by atoms with Gasteiger partial charge in [-0.1, -0.05) is 0 Å². The maximum atomic E-state index is 13.0. The van der Waals surface area contributed by atoms with Gasteiger partial charge in [-0.15, -0.1) is 11.3 Å². The molecule has 0 fully saturated rings. The summed E-state index contributed by atoms with van der Waals surface area (Å²) >= 11 is 0.694. The molecule has 0 saturated carbocycles. The summed E-state index contributed by atoms with van der Waals surface area (Å²) < 4.78 is 51.9. The third kappa shape index (κ3) is 3.11. The molecule has 0 spiro atoms. The Morgan fingerprint density at radius 1 is 1.15 bits per heavy atom. The lowest BCUT2D eigenvalue weighted by Gasteiger charge is -2.06. The van der Waals surface area contributed by atoms with Gasteiger partial charge in [0.1, 0.15) is 21.5 Å². The number of hydrogen-bond acceptors (Lipinski definition) is 4. The number of carboxylic acids is 1. The molecule has 0 aliphatic heterocycles. The Labute approximate surface area is 116 Å². The standard InChI is InChI=1S/C11H7F2NO4S2/c12-6-3-7(13)5-8(4-6)20(17,18)14-10-2-1-9(19-10)11(15)16/h1-5,14H,(H,15,16). The van der Waals surface area contributed by atoms with Gasteiger partial charge in [-0.3, -0.25) is 4.72 Å². The molecular formula is C11H7F2NO4S2. The van der Waals surface area contributed by atoms with Crippen molar-refractivity contribution < 1.29 is 27.1 Å². The molecule has 0 aliphatic rings. The van der Waals surface area contributed by atoms with Gasteiger partial charge in [0.2, 0.25) is 0 Å². The minimum atomic E-state index is -4.18. The van der Waals surface area contributed by atoms with E-state index in [2.05, 4.69) is 4.72 Å². The summed E-state index contributed by atoms with van der Waals surface area (Å²) in [5.74, 6) is -3.25. The highest BCUT2D eigenvalue weighted by Gasteiger charge is 2.18. The first-order valence-corrected chi connectivity index (χ1v) is 7.40. The number of anilines is 1. The number of aromatic carboxylic acids is 1. The number of sulfonamides is 1. The number of rotatable bonds is 4. The summed E-state index contributed by atoms with van der Waals surface area (Å²) in [4.78, 5) is 10.0. The van der Waals surface area contributed by atoms with Crippen LogP contribution < -0.4 is 4.72 Å². The quantitative estimate of drug-likeness (QED) is 0.907. The molecule has 20 heavy (non-hydrogen) atoms. The summed E-state index contributed by atoms with van der Waals surface area (Å²) in [5.41, 5.74) is 0. The van der Waals surface area contributed by atoms with Crippen LogP contribution in [0.4, 0.5) is 13.8 Å². The average Bonchev–Trinajstić information content (AvgIpc) is 2.75. The van der Waals surface area contributed by atoms with E-state index >= 15 is 0 Å². The van der Waals surface area contributed by atoms with E-state index in [-0.39, 0.29) is 9.88 Å². The number of carboxylic acid groups (broad SMARTS) is 1. The van der Waals surface area contributed by atoms with Crippen LogP contribution in [-0.4, -0.2) is 19.5 Å². The highest BCUT2D eigenvalue weighted by molar-refractivity contribution is 7.93. The van der Waals surface area contributed by atoms with Crippen LogP contribution in [-0.2, 0) is 10.0 Å². The van der Waals surface area contributed by atoms with Gasteiger partial charge in [0.25, 0.3) is 10.0 Å². The summed E-state index contributed by atoms with van der Waals surface area (Å²) in [6.45, 7) is 0. The normalized spacial score (nSPS) is 11.3. The second kappa shape index (κ2) is 5.17. The Kier molecular flexibility index (Phi) is 3.73. The number of thiophene rings is 1. The molecule has 2 aromatic rings. The van der Waals surface area contributed by atoms with E-state index in [1.54, 1.807) is 0 Å². The van der Waals surface area contributed by atoms with Crippen LogP contribution in [0.2, 0.25) is 0 Å². The minimum absolute atomic E-state index is 0.0343. The second-order valence-corrected chi connectivity index (χ2v) is 6.45. The molecule has 1 heterocycles. The summed E-state index contributed by atoms with van der Waals surface area (Å²) in [5, 5.41) is 8.75. The highest BCUT2D eigenvalue weighted by atomic mass is 32.2. The average molecular weight is 319 g/mol. The largest absolute Gasteiger partial charge is 0.477 e. The van der Waals surface area contributed by atoms with Crippen molar-refractivity contribution in [2.45, 2.75) is 4.90 Å². The van der Waals surface area contributed by atoms with Crippen LogP contribution in [0, 0.1) is 11.6 Å². The Hall–Kier alpha value is -2.00. The zero-order valence-electron chi connectivity index (χ0n) is 9.63. The van der Waals surface area contributed by atoms with Crippen molar-refractivity contribution in [1.29, 1.82) is 0 Å². The van der Waals surface area contributed by atoms with Crippen LogP contribution in [0.15, 0.2) is 35.2 Å². The molecule has 0 unspecified atom stereocenters. The van der Waals surface area contributed by atoms with E-state index in [1.807, 2.05) is 0 Å². The molecule has 2 N–H and O–H groups in total. The van der Waals surface area contributed by atoms with Gasteiger partial charge in [-0.25, -0.2) is 22.0 Å². The summed E-state index contributed by atoms with van der Waals surface area (Å²) in [7, 11) is -4.18. The van der Waals surface area contributed by atoms with Crippen LogP contribution in [0.5, 0.6) is 0 Å². The van der Waals surface area contributed by atoms with Crippen LogP contribution in [0.25, 0.3) is 0 Å². The monoisotopic (exact) mass is 319 g/mol. The molecule has 0 aliphatic carbocycles. The molecule has 2 rings (SSSR count). The Balaban J connectivity index is 2.32. The maximum Gasteiger partial charge on any atom is 0.345 e. The first kappa shape index (κ1) is 14.4. The highest BCUT2D eigenvalue weighted by Crippen LogP contribution is 2.25. The van der Waals surface area contributed by atoms with Gasteiger partial charge in [0.15, 0.2) is 0 Å². The molecule has 5 nitrogen and oxygen atoms in total. The predicted octanol–water partition coefficient (Wildman–Crippen LogP) is 2.53. The third-order valence-electron chi connectivity index (χ3n) is 2.20. The number of carbonyl (C=O) groups is 1. The van der Waals surface area contributed by atoms with Gasteiger partial charge in [-0.2, -0.15) is 0 Å². The smallest absolute Gasteiger partial charge is 0.345 e. The van der Waals surface area contributed by atoms with Gasteiger partial charge < -0.3 is 5.11 Å². The molecule has 106 valence electrons. The van der Waals surface area contributed by atoms with Crippen molar-refractivity contribution in [1.82, 2.24) is 0 Å². The van der Waals surface area contributed by atoms with E-state index in [4.69, 9.17) is 5.11 Å². The molecule has 0 saturated heterocycles. The van der Waals surface area contributed by atoms with Crippen molar-refractivity contribution >= 4 is 32.3 Å². The number of hydrogen-bond donors (Lipinski definition) is 2. The first-order chi connectivity index (χ1) is 9.28. The molecule has 1 aromatic carbocycles. The Morgan fingerprint density at radius 2 is 1.75 bits per heavy atom. The van der Waals surface area contributed by atoms with Gasteiger partial charge in [0, 0.05) is 6.07 Å². The number of nitrogens with one attached hydrogen (secondary N) is 1. The van der Waals surface area contributed by atoms with Crippen LogP contribution in [0.3, 0.4) is 0 Å². The zero-order chi connectivity index (χ0) is 14.9. The molecular weight excluding hydrogens is 312 g/mol. The summed E-state index contributed by atoms with van der Waals surface area (Å²) in [6.07, 6.45) is 0. The van der Waals surface area contributed by atoms with Crippen molar-refractivity contribution in [2.24, 2.45) is 0 Å². The molecule has 0 atom stereocenters. The Bertz CT molecular complexity index is 750. The molecule has 0 amide bonds. The lowest BCUT2D eigenvalue weighted by Crippen LogP contribution is -2.12. The molecule has 1 aromatic heterocycles. The minimum Gasteiger partial charge on any atom is -0.477 e. The second-order valence-electron chi connectivity index (χ2n) is 3.68. The lowest BCUT2D eigenvalue weighted by atomic mass is 10.3. The van der Waals surface area contributed by atoms with Crippen molar-refractivity contribution in [2.75, 3.05) is 4.72 Å². The molecule has 0 bridgehead atoms. The lowest BCUT2D eigenvalue weighted by molar-refractivity contribution is 0.0702. The first-order valence-electron chi connectivity index (χ1n) is 5.10. The van der Waals surface area contributed by atoms with Crippen molar-refractivity contribution in [3.8, 4) is 0 Å². The number of benzene rings is 1. The van der Waals surface area contributed by atoms with E-state index in [1.165, 1.54) is 12.1 Å². The molecule has 9 heteroatoms. The van der Waals surface area contributed by atoms with E-state index in [0.29, 0.717) is 29.5 Å². The fourth-order valence-electron chi connectivity index (χ4n) is 1.38.